The molecule has 0 aliphatic heterocycles. The number of hydrogen-bond acceptors (Lipinski definition) is 5. The lowest BCUT2D eigenvalue weighted by Crippen LogP contribution is -2.11. The van der Waals surface area contributed by atoms with Gasteiger partial charge in [0, 0.05) is 11.3 Å². The van der Waals surface area contributed by atoms with Crippen molar-refractivity contribution in [3.8, 4) is 0 Å². The van der Waals surface area contributed by atoms with E-state index in [2.05, 4.69) is 4.74 Å². The van der Waals surface area contributed by atoms with Gasteiger partial charge in [0.25, 0.3) is 0 Å². The molecule has 0 heterocycles. The number of ether oxygens (including phenoxy) is 1. The molecular formula is C13H16O5S. The predicted molar refractivity (Wildman–Crippen MR) is 71.2 cm³/mol. The van der Waals surface area contributed by atoms with Gasteiger partial charge in [0.15, 0.2) is 6.10 Å². The third-order valence-corrected chi connectivity index (χ3v) is 3.52. The van der Waals surface area contributed by atoms with Gasteiger partial charge < -0.3 is 14.9 Å². The first-order valence-electron chi connectivity index (χ1n) is 5.64. The lowest BCUT2D eigenvalue weighted by molar-refractivity contribution is -0.147. The molecule has 2 N–H and O–H groups in total. The molecule has 19 heavy (non-hydrogen) atoms. The quantitative estimate of drug-likeness (QED) is 0.610. The molecule has 104 valence electrons. The Hall–Kier alpha value is -1.53. The van der Waals surface area contributed by atoms with Crippen LogP contribution in [0.3, 0.4) is 0 Å². The summed E-state index contributed by atoms with van der Waals surface area (Å²) in [5, 5.41) is 18.3. The van der Waals surface area contributed by atoms with Crippen LogP contribution in [0.1, 0.15) is 23.7 Å². The molecule has 1 aromatic carbocycles. The van der Waals surface area contributed by atoms with E-state index in [1.165, 1.54) is 18.9 Å². The standard InChI is InChI=1S/C13H16O5S/c1-18-11(14)6-4-8-7-9(12(15)13(16)17)3-5-10(8)19-2/h3,5,7,12,15H,4,6H2,1-2H3,(H,16,17). The highest BCUT2D eigenvalue weighted by molar-refractivity contribution is 7.98. The molecule has 5 nitrogen and oxygen atoms in total. The van der Waals surface area contributed by atoms with Crippen molar-refractivity contribution in [1.82, 2.24) is 0 Å². The maximum absolute atomic E-state index is 11.1. The number of aliphatic hydroxyl groups is 1. The Kier molecular flexibility index (Phi) is 5.85. The van der Waals surface area contributed by atoms with Crippen molar-refractivity contribution in [2.75, 3.05) is 13.4 Å². The monoisotopic (exact) mass is 284 g/mol. The van der Waals surface area contributed by atoms with Crippen LogP contribution in [0.15, 0.2) is 23.1 Å². The van der Waals surface area contributed by atoms with Crippen LogP contribution in [0.5, 0.6) is 0 Å². The predicted octanol–water partition coefficient (Wildman–Crippen LogP) is 1.63. The molecule has 1 unspecified atom stereocenters. The molecule has 0 bridgehead atoms. The summed E-state index contributed by atoms with van der Waals surface area (Å²) in [5.41, 5.74) is 1.14. The Balaban J connectivity index is 2.96. The molecule has 0 aliphatic carbocycles. The average molecular weight is 284 g/mol. The van der Waals surface area contributed by atoms with Gasteiger partial charge in [-0.2, -0.15) is 0 Å². The summed E-state index contributed by atoms with van der Waals surface area (Å²) in [6.07, 6.45) is 1.01. The number of carboxylic acids is 1. The number of benzene rings is 1. The topological polar surface area (TPSA) is 83.8 Å². The summed E-state index contributed by atoms with van der Waals surface area (Å²) in [6, 6.07) is 4.94. The number of esters is 1. The minimum Gasteiger partial charge on any atom is -0.479 e. The number of rotatable bonds is 6. The highest BCUT2D eigenvalue weighted by Gasteiger charge is 2.17. The second kappa shape index (κ2) is 7.16. The fraction of sp³-hybridized carbons (Fsp3) is 0.385. The molecule has 1 aromatic rings. The number of carbonyl (C=O) groups is 2. The summed E-state index contributed by atoms with van der Waals surface area (Å²) < 4.78 is 4.57. The highest BCUT2D eigenvalue weighted by Crippen LogP contribution is 2.25. The first-order chi connectivity index (χ1) is 8.99. The van der Waals surface area contributed by atoms with E-state index in [4.69, 9.17) is 5.11 Å². The first kappa shape index (κ1) is 15.5. The van der Waals surface area contributed by atoms with E-state index in [9.17, 15) is 14.7 Å². The third-order valence-electron chi connectivity index (χ3n) is 2.68. The zero-order chi connectivity index (χ0) is 14.4. The van der Waals surface area contributed by atoms with Crippen LogP contribution in [-0.4, -0.2) is 35.5 Å². The second-order valence-corrected chi connectivity index (χ2v) is 4.74. The minimum atomic E-state index is -1.55. The summed E-state index contributed by atoms with van der Waals surface area (Å²) in [5.74, 6) is -1.62. The molecular weight excluding hydrogens is 268 g/mol. The van der Waals surface area contributed by atoms with E-state index >= 15 is 0 Å². The largest absolute Gasteiger partial charge is 0.479 e. The smallest absolute Gasteiger partial charge is 0.337 e. The van der Waals surface area contributed by atoms with Crippen molar-refractivity contribution < 1.29 is 24.5 Å². The number of aliphatic hydroxyl groups excluding tert-OH is 1. The molecule has 0 saturated carbocycles. The molecule has 1 atom stereocenters. The van der Waals surface area contributed by atoms with Crippen molar-refractivity contribution in [1.29, 1.82) is 0 Å². The lowest BCUT2D eigenvalue weighted by Gasteiger charge is -2.11. The Bertz CT molecular complexity index is 472. The van der Waals surface area contributed by atoms with Crippen LogP contribution < -0.4 is 0 Å². The number of thioether (sulfide) groups is 1. The Morgan fingerprint density at radius 1 is 1.42 bits per heavy atom. The molecule has 1 rings (SSSR count). The van der Waals surface area contributed by atoms with Gasteiger partial charge in [0.05, 0.1) is 7.11 Å². The van der Waals surface area contributed by atoms with Gasteiger partial charge in [0.2, 0.25) is 0 Å². The summed E-state index contributed by atoms with van der Waals surface area (Å²) in [7, 11) is 1.32. The second-order valence-electron chi connectivity index (χ2n) is 3.89. The van der Waals surface area contributed by atoms with Crippen LogP contribution >= 0.6 is 11.8 Å². The molecule has 0 spiro atoms. The van der Waals surface area contributed by atoms with Gasteiger partial charge in [-0.05, 0) is 29.9 Å². The lowest BCUT2D eigenvalue weighted by atomic mass is 10.0. The van der Waals surface area contributed by atoms with Crippen LogP contribution in [-0.2, 0) is 20.7 Å². The van der Waals surface area contributed by atoms with Gasteiger partial charge in [-0.3, -0.25) is 4.79 Å². The zero-order valence-electron chi connectivity index (χ0n) is 10.8. The molecule has 0 saturated heterocycles. The highest BCUT2D eigenvalue weighted by atomic mass is 32.2. The van der Waals surface area contributed by atoms with Gasteiger partial charge in [-0.1, -0.05) is 12.1 Å². The summed E-state index contributed by atoms with van der Waals surface area (Å²) in [4.78, 5) is 22.8. The molecule has 0 aliphatic rings. The summed E-state index contributed by atoms with van der Waals surface area (Å²) in [6.45, 7) is 0. The third kappa shape index (κ3) is 4.25. The van der Waals surface area contributed by atoms with Crippen molar-refractivity contribution in [2.45, 2.75) is 23.8 Å². The van der Waals surface area contributed by atoms with Crippen molar-refractivity contribution >= 4 is 23.7 Å². The maximum atomic E-state index is 11.1. The molecule has 6 heteroatoms. The zero-order valence-corrected chi connectivity index (χ0v) is 11.6. The van der Waals surface area contributed by atoms with E-state index in [0.717, 1.165) is 10.5 Å². The molecule has 0 aromatic heterocycles. The normalized spacial score (nSPS) is 11.9. The summed E-state index contributed by atoms with van der Waals surface area (Å²) >= 11 is 1.50. The Labute approximate surface area is 115 Å². The van der Waals surface area contributed by atoms with Gasteiger partial charge in [-0.15, -0.1) is 11.8 Å². The van der Waals surface area contributed by atoms with Crippen LogP contribution in [0.4, 0.5) is 0 Å². The molecule has 0 fully saturated rings. The van der Waals surface area contributed by atoms with Crippen molar-refractivity contribution in [3.63, 3.8) is 0 Å². The van der Waals surface area contributed by atoms with E-state index < -0.39 is 12.1 Å². The van der Waals surface area contributed by atoms with Crippen molar-refractivity contribution in [3.05, 3.63) is 29.3 Å². The van der Waals surface area contributed by atoms with Crippen molar-refractivity contribution in [2.24, 2.45) is 0 Å². The van der Waals surface area contributed by atoms with Crippen LogP contribution in [0, 0.1) is 0 Å². The van der Waals surface area contributed by atoms with E-state index in [1.807, 2.05) is 6.26 Å². The van der Waals surface area contributed by atoms with E-state index in [0.29, 0.717) is 12.0 Å². The number of carboxylic acid groups (broad SMARTS) is 1. The van der Waals surface area contributed by atoms with Gasteiger partial charge in [0.1, 0.15) is 0 Å². The first-order valence-corrected chi connectivity index (χ1v) is 6.86. The number of methoxy groups -OCH3 is 1. The number of aliphatic carboxylic acids is 1. The molecule has 0 amide bonds. The van der Waals surface area contributed by atoms with Crippen LogP contribution in [0.2, 0.25) is 0 Å². The number of carbonyl (C=O) groups excluding carboxylic acids is 1. The van der Waals surface area contributed by atoms with E-state index in [-0.39, 0.29) is 12.4 Å². The maximum Gasteiger partial charge on any atom is 0.337 e. The Morgan fingerprint density at radius 3 is 2.63 bits per heavy atom. The van der Waals surface area contributed by atoms with Crippen LogP contribution in [0.25, 0.3) is 0 Å². The fourth-order valence-corrected chi connectivity index (χ4v) is 2.27. The average Bonchev–Trinajstić information content (AvgIpc) is 2.43. The fourth-order valence-electron chi connectivity index (χ4n) is 1.65. The van der Waals surface area contributed by atoms with Gasteiger partial charge >= 0.3 is 11.9 Å². The molecule has 0 radical (unpaired) electrons. The number of aryl methyl sites for hydroxylation is 1. The number of hydrogen-bond donors (Lipinski definition) is 2. The van der Waals surface area contributed by atoms with E-state index in [1.54, 1.807) is 18.2 Å². The SMILES string of the molecule is COC(=O)CCc1cc(C(O)C(=O)O)ccc1SC. The Morgan fingerprint density at radius 2 is 2.11 bits per heavy atom. The minimum absolute atomic E-state index is 0.219. The van der Waals surface area contributed by atoms with Gasteiger partial charge in [-0.25, -0.2) is 4.79 Å².